The molecule has 0 saturated heterocycles. The lowest BCUT2D eigenvalue weighted by molar-refractivity contribution is 1.05. The number of anilines is 1. The Morgan fingerprint density at radius 3 is 3.08 bits per heavy atom. The SMILES string of the molecule is Cc1cc(NCCC#N)ncc1Br. The molecule has 0 aliphatic carbocycles. The Morgan fingerprint density at radius 1 is 1.69 bits per heavy atom. The van der Waals surface area contributed by atoms with Crippen molar-refractivity contribution in [3.8, 4) is 6.07 Å². The van der Waals surface area contributed by atoms with Gasteiger partial charge >= 0.3 is 0 Å². The highest BCUT2D eigenvalue weighted by Gasteiger charge is 1.97. The zero-order valence-electron chi connectivity index (χ0n) is 7.34. The highest BCUT2D eigenvalue weighted by Crippen LogP contribution is 2.16. The summed E-state index contributed by atoms with van der Waals surface area (Å²) in [7, 11) is 0. The van der Waals surface area contributed by atoms with E-state index in [1.807, 2.05) is 13.0 Å². The van der Waals surface area contributed by atoms with E-state index in [2.05, 4.69) is 32.3 Å². The predicted molar refractivity (Wildman–Crippen MR) is 55.4 cm³/mol. The van der Waals surface area contributed by atoms with E-state index in [1.165, 1.54) is 0 Å². The predicted octanol–water partition coefficient (Wildman–Crippen LogP) is 2.48. The van der Waals surface area contributed by atoms with Gasteiger partial charge in [-0.3, -0.25) is 0 Å². The van der Waals surface area contributed by atoms with Crippen LogP contribution in [0.15, 0.2) is 16.7 Å². The standard InChI is InChI=1S/C9H10BrN3/c1-7-5-9(12-4-2-3-11)13-6-8(7)10/h5-6H,2,4H2,1H3,(H,12,13). The zero-order chi connectivity index (χ0) is 9.68. The summed E-state index contributed by atoms with van der Waals surface area (Å²) in [6.45, 7) is 2.64. The van der Waals surface area contributed by atoms with E-state index in [9.17, 15) is 0 Å². The maximum atomic E-state index is 8.33. The van der Waals surface area contributed by atoms with Crippen molar-refractivity contribution in [1.82, 2.24) is 4.98 Å². The lowest BCUT2D eigenvalue weighted by Crippen LogP contribution is -2.02. The third-order valence-corrected chi connectivity index (χ3v) is 2.42. The molecule has 0 unspecified atom stereocenters. The minimum Gasteiger partial charge on any atom is -0.369 e. The molecule has 0 saturated carbocycles. The van der Waals surface area contributed by atoms with Crippen molar-refractivity contribution in [2.45, 2.75) is 13.3 Å². The summed E-state index contributed by atoms with van der Waals surface area (Å²) in [6.07, 6.45) is 2.25. The van der Waals surface area contributed by atoms with E-state index in [0.29, 0.717) is 13.0 Å². The van der Waals surface area contributed by atoms with Gasteiger partial charge in [-0.1, -0.05) is 0 Å². The second-order valence-electron chi connectivity index (χ2n) is 2.65. The number of nitrogens with zero attached hydrogens (tertiary/aromatic N) is 2. The minimum absolute atomic E-state index is 0.497. The molecule has 0 aliphatic rings. The Morgan fingerprint density at radius 2 is 2.46 bits per heavy atom. The Balaban J connectivity index is 2.59. The van der Waals surface area contributed by atoms with Crippen LogP contribution in [0.1, 0.15) is 12.0 Å². The lowest BCUT2D eigenvalue weighted by atomic mass is 10.3. The highest BCUT2D eigenvalue weighted by molar-refractivity contribution is 9.10. The van der Waals surface area contributed by atoms with Crippen molar-refractivity contribution in [3.63, 3.8) is 0 Å². The van der Waals surface area contributed by atoms with Gasteiger partial charge in [-0.25, -0.2) is 4.98 Å². The first-order valence-electron chi connectivity index (χ1n) is 3.97. The summed E-state index contributed by atoms with van der Waals surface area (Å²) in [6, 6.07) is 4.01. The fourth-order valence-electron chi connectivity index (χ4n) is 0.882. The first kappa shape index (κ1) is 10.0. The topological polar surface area (TPSA) is 48.7 Å². The molecule has 0 aromatic carbocycles. The summed E-state index contributed by atoms with van der Waals surface area (Å²) >= 11 is 3.37. The van der Waals surface area contributed by atoms with Crippen molar-refractivity contribution in [3.05, 3.63) is 22.3 Å². The van der Waals surface area contributed by atoms with E-state index in [0.717, 1.165) is 15.9 Å². The van der Waals surface area contributed by atoms with E-state index < -0.39 is 0 Å². The van der Waals surface area contributed by atoms with E-state index in [4.69, 9.17) is 5.26 Å². The number of aromatic nitrogens is 1. The Hall–Kier alpha value is -1.08. The van der Waals surface area contributed by atoms with Crippen molar-refractivity contribution in [2.75, 3.05) is 11.9 Å². The van der Waals surface area contributed by atoms with Gasteiger partial charge < -0.3 is 5.32 Å². The van der Waals surface area contributed by atoms with Gasteiger partial charge in [0.2, 0.25) is 0 Å². The molecule has 1 aromatic heterocycles. The van der Waals surface area contributed by atoms with Crippen LogP contribution in [0.5, 0.6) is 0 Å². The molecule has 1 N–H and O–H groups in total. The zero-order valence-corrected chi connectivity index (χ0v) is 8.93. The van der Waals surface area contributed by atoms with Gasteiger partial charge in [0.15, 0.2) is 0 Å². The highest BCUT2D eigenvalue weighted by atomic mass is 79.9. The van der Waals surface area contributed by atoms with Gasteiger partial charge in [-0.2, -0.15) is 5.26 Å². The summed E-state index contributed by atoms with van der Waals surface area (Å²) in [5.74, 6) is 0.816. The molecule has 0 radical (unpaired) electrons. The van der Waals surface area contributed by atoms with Gasteiger partial charge in [0.25, 0.3) is 0 Å². The number of pyridine rings is 1. The molecule has 1 rings (SSSR count). The molecule has 1 aromatic rings. The van der Waals surface area contributed by atoms with Crippen LogP contribution in [0.2, 0.25) is 0 Å². The fraction of sp³-hybridized carbons (Fsp3) is 0.333. The molecule has 0 amide bonds. The lowest BCUT2D eigenvalue weighted by Gasteiger charge is -2.04. The number of halogens is 1. The van der Waals surface area contributed by atoms with Crippen LogP contribution in [0.3, 0.4) is 0 Å². The van der Waals surface area contributed by atoms with Gasteiger partial charge in [0.1, 0.15) is 5.82 Å². The summed E-state index contributed by atoms with van der Waals surface area (Å²) in [4.78, 5) is 4.14. The van der Waals surface area contributed by atoms with Crippen LogP contribution in [-0.4, -0.2) is 11.5 Å². The molecule has 0 bridgehead atoms. The summed E-state index contributed by atoms with van der Waals surface area (Å²) in [5.41, 5.74) is 1.13. The van der Waals surface area contributed by atoms with E-state index >= 15 is 0 Å². The van der Waals surface area contributed by atoms with E-state index in [1.54, 1.807) is 6.20 Å². The van der Waals surface area contributed by atoms with Gasteiger partial charge in [-0.15, -0.1) is 0 Å². The monoisotopic (exact) mass is 239 g/mol. The van der Waals surface area contributed by atoms with Crippen LogP contribution in [-0.2, 0) is 0 Å². The fourth-order valence-corrected chi connectivity index (χ4v) is 1.10. The van der Waals surface area contributed by atoms with E-state index in [-0.39, 0.29) is 0 Å². The van der Waals surface area contributed by atoms with Crippen LogP contribution >= 0.6 is 15.9 Å². The number of hydrogen-bond acceptors (Lipinski definition) is 3. The number of nitriles is 1. The minimum atomic E-state index is 0.497. The van der Waals surface area contributed by atoms with Gasteiger partial charge in [0.05, 0.1) is 12.5 Å². The molecule has 0 aliphatic heterocycles. The Bertz CT molecular complexity index is 330. The molecule has 68 valence electrons. The number of hydrogen-bond donors (Lipinski definition) is 1. The quantitative estimate of drug-likeness (QED) is 0.825. The first-order valence-corrected chi connectivity index (χ1v) is 4.76. The van der Waals surface area contributed by atoms with Gasteiger partial charge in [0, 0.05) is 17.2 Å². The smallest absolute Gasteiger partial charge is 0.126 e. The van der Waals surface area contributed by atoms with Crippen LogP contribution < -0.4 is 5.32 Å². The van der Waals surface area contributed by atoms with Crippen LogP contribution in [0, 0.1) is 18.3 Å². The van der Waals surface area contributed by atoms with Crippen molar-refractivity contribution in [2.24, 2.45) is 0 Å². The second kappa shape index (κ2) is 4.83. The molecule has 13 heavy (non-hydrogen) atoms. The molecule has 4 heteroatoms. The largest absolute Gasteiger partial charge is 0.369 e. The third-order valence-electron chi connectivity index (χ3n) is 1.59. The number of aryl methyl sites for hydroxylation is 1. The van der Waals surface area contributed by atoms with Gasteiger partial charge in [-0.05, 0) is 34.5 Å². The molecular weight excluding hydrogens is 230 g/mol. The summed E-state index contributed by atoms with van der Waals surface area (Å²) < 4.78 is 0.998. The average Bonchev–Trinajstić information content (AvgIpc) is 2.12. The van der Waals surface area contributed by atoms with Crippen molar-refractivity contribution < 1.29 is 0 Å². The average molecular weight is 240 g/mol. The number of nitrogens with one attached hydrogen (secondary N) is 1. The molecule has 0 fully saturated rings. The second-order valence-corrected chi connectivity index (χ2v) is 3.51. The maximum absolute atomic E-state index is 8.33. The molecule has 0 atom stereocenters. The number of rotatable bonds is 3. The van der Waals surface area contributed by atoms with Crippen LogP contribution in [0.25, 0.3) is 0 Å². The Labute approximate surface area is 85.9 Å². The van der Waals surface area contributed by atoms with Crippen molar-refractivity contribution in [1.29, 1.82) is 5.26 Å². The maximum Gasteiger partial charge on any atom is 0.126 e. The molecule has 0 spiro atoms. The van der Waals surface area contributed by atoms with Crippen LogP contribution in [0.4, 0.5) is 5.82 Å². The molecular formula is C9H10BrN3. The third kappa shape index (κ3) is 3.03. The molecule has 1 heterocycles. The normalized spacial score (nSPS) is 9.31. The van der Waals surface area contributed by atoms with Crippen molar-refractivity contribution >= 4 is 21.7 Å². The Kier molecular flexibility index (Phi) is 3.71. The summed E-state index contributed by atoms with van der Waals surface area (Å²) in [5, 5.41) is 11.4. The first-order chi connectivity index (χ1) is 6.24. The molecule has 3 nitrogen and oxygen atoms in total.